The van der Waals surface area contributed by atoms with E-state index in [2.05, 4.69) is 49.7 Å². The van der Waals surface area contributed by atoms with Gasteiger partial charge in [0.05, 0.1) is 10.6 Å². The predicted molar refractivity (Wildman–Crippen MR) is 103 cm³/mol. The minimum Gasteiger partial charge on any atom is -0.332 e. The van der Waals surface area contributed by atoms with E-state index in [9.17, 15) is 0 Å². The molecule has 1 aliphatic rings. The van der Waals surface area contributed by atoms with Crippen LogP contribution in [0.1, 0.15) is 21.7 Å². The van der Waals surface area contributed by atoms with E-state index in [1.54, 1.807) is 11.3 Å². The van der Waals surface area contributed by atoms with Crippen LogP contribution in [0.15, 0.2) is 28.9 Å². The minimum atomic E-state index is 0.409. The molecule has 0 aromatic carbocycles. The number of aromatic amines is 1. The molecule has 8 heteroatoms. The van der Waals surface area contributed by atoms with Gasteiger partial charge in [0.2, 0.25) is 5.82 Å². The highest BCUT2D eigenvalue weighted by atomic mass is 32.1. The molecule has 0 aliphatic carbocycles. The molecule has 0 saturated carbocycles. The number of nitrogens with one attached hydrogen (secondary N) is 2. The van der Waals surface area contributed by atoms with E-state index in [1.165, 1.54) is 16.0 Å². The number of H-pyrrole nitrogens is 1. The van der Waals surface area contributed by atoms with E-state index >= 15 is 0 Å². The molecule has 0 spiro atoms. The average molecular weight is 378 g/mol. The first-order chi connectivity index (χ1) is 13.2. The summed E-state index contributed by atoms with van der Waals surface area (Å²) >= 11 is 1.72. The molecule has 0 saturated heterocycles. The summed E-state index contributed by atoms with van der Waals surface area (Å²) in [5.41, 5.74) is 5.94. The van der Waals surface area contributed by atoms with Crippen LogP contribution in [-0.4, -0.2) is 31.9 Å². The van der Waals surface area contributed by atoms with Crippen LogP contribution >= 0.6 is 11.3 Å². The van der Waals surface area contributed by atoms with E-state index < -0.39 is 0 Å². The Morgan fingerprint density at radius 2 is 2.15 bits per heavy atom. The van der Waals surface area contributed by atoms with Crippen molar-refractivity contribution in [3.8, 4) is 33.5 Å². The van der Waals surface area contributed by atoms with Gasteiger partial charge in [-0.1, -0.05) is 5.16 Å². The Hall–Kier alpha value is -2.84. The molecule has 7 nitrogen and oxygen atoms in total. The normalized spacial score (nSPS) is 13.7. The molecule has 0 atom stereocenters. The summed E-state index contributed by atoms with van der Waals surface area (Å²) in [5.74, 6) is 0.983. The highest BCUT2D eigenvalue weighted by Crippen LogP contribution is 2.32. The van der Waals surface area contributed by atoms with Crippen LogP contribution in [-0.2, 0) is 13.0 Å². The standard InChI is InChI=1S/C19H18N6OS/c1-10-3-4-16(27-10)14-7-15(24-23-14)19-22-18(25-26-19)17-11(2)21-9-12-8-20-6-5-13(12)17/h3-4,7,9,20H,5-6,8H2,1-2H3,(H,23,24). The SMILES string of the molecule is Cc1ccc(-c2cc(-c3nc(-c4c(C)ncc5c4CCNC5)no3)n[nH]2)s1. The van der Waals surface area contributed by atoms with Gasteiger partial charge in [-0.05, 0) is 56.1 Å². The lowest BCUT2D eigenvalue weighted by molar-refractivity contribution is 0.430. The smallest absolute Gasteiger partial charge is 0.278 e. The predicted octanol–water partition coefficient (Wildman–Crippen LogP) is 3.51. The summed E-state index contributed by atoms with van der Waals surface area (Å²) in [4.78, 5) is 11.5. The zero-order valence-corrected chi connectivity index (χ0v) is 15.9. The zero-order valence-electron chi connectivity index (χ0n) is 15.0. The molecule has 4 aromatic rings. The summed E-state index contributed by atoms with van der Waals surface area (Å²) < 4.78 is 5.52. The van der Waals surface area contributed by atoms with Crippen molar-refractivity contribution in [3.63, 3.8) is 0 Å². The molecule has 5 heterocycles. The van der Waals surface area contributed by atoms with Gasteiger partial charge in [0.15, 0.2) is 5.69 Å². The Balaban J connectivity index is 1.52. The highest BCUT2D eigenvalue weighted by molar-refractivity contribution is 7.15. The maximum Gasteiger partial charge on any atom is 0.278 e. The number of fused-ring (bicyclic) bond motifs is 1. The summed E-state index contributed by atoms with van der Waals surface area (Å²) in [6.45, 7) is 5.84. The number of thiophene rings is 1. The van der Waals surface area contributed by atoms with Gasteiger partial charge >= 0.3 is 0 Å². The molecule has 0 bridgehead atoms. The van der Waals surface area contributed by atoms with Crippen molar-refractivity contribution in [1.29, 1.82) is 0 Å². The number of hydrogen-bond donors (Lipinski definition) is 2. The van der Waals surface area contributed by atoms with Gasteiger partial charge in [0.1, 0.15) is 0 Å². The Morgan fingerprint density at radius 3 is 3.00 bits per heavy atom. The van der Waals surface area contributed by atoms with Crippen LogP contribution in [0.4, 0.5) is 0 Å². The Kier molecular flexibility index (Phi) is 3.87. The lowest BCUT2D eigenvalue weighted by Crippen LogP contribution is -2.24. The first kappa shape index (κ1) is 16.3. The molecule has 136 valence electrons. The van der Waals surface area contributed by atoms with E-state index in [1.807, 2.05) is 19.2 Å². The monoisotopic (exact) mass is 378 g/mol. The third-order valence-corrected chi connectivity index (χ3v) is 5.82. The lowest BCUT2D eigenvalue weighted by atomic mass is 9.95. The number of aromatic nitrogens is 5. The number of rotatable bonds is 3. The second-order valence-electron chi connectivity index (χ2n) is 6.65. The van der Waals surface area contributed by atoms with Crippen molar-refractivity contribution in [2.24, 2.45) is 0 Å². The van der Waals surface area contributed by atoms with Crippen molar-refractivity contribution >= 4 is 11.3 Å². The molecule has 5 rings (SSSR count). The van der Waals surface area contributed by atoms with Gasteiger partial charge in [-0.3, -0.25) is 10.1 Å². The summed E-state index contributed by atoms with van der Waals surface area (Å²) in [5, 5.41) is 15.0. The molecule has 0 amide bonds. The van der Waals surface area contributed by atoms with Gasteiger partial charge in [-0.2, -0.15) is 10.1 Å². The van der Waals surface area contributed by atoms with E-state index in [0.29, 0.717) is 17.4 Å². The Labute approximate surface area is 159 Å². The third kappa shape index (κ3) is 2.87. The molecule has 2 N–H and O–H groups in total. The van der Waals surface area contributed by atoms with Crippen LogP contribution in [0.25, 0.3) is 33.5 Å². The fraction of sp³-hybridized carbons (Fsp3) is 0.263. The summed E-state index contributed by atoms with van der Waals surface area (Å²) in [7, 11) is 0. The van der Waals surface area contributed by atoms with Crippen LogP contribution in [0.2, 0.25) is 0 Å². The molecule has 4 aromatic heterocycles. The number of hydrogen-bond acceptors (Lipinski definition) is 7. The Bertz CT molecular complexity index is 1130. The molecule has 0 fully saturated rings. The molecular formula is C19H18N6OS. The largest absolute Gasteiger partial charge is 0.332 e. The van der Waals surface area contributed by atoms with Gasteiger partial charge < -0.3 is 9.84 Å². The van der Waals surface area contributed by atoms with E-state index in [-0.39, 0.29) is 0 Å². The summed E-state index contributed by atoms with van der Waals surface area (Å²) in [6.07, 6.45) is 2.87. The molecule has 1 aliphatic heterocycles. The fourth-order valence-corrected chi connectivity index (χ4v) is 4.27. The third-order valence-electron chi connectivity index (χ3n) is 4.78. The molecule has 27 heavy (non-hydrogen) atoms. The van der Waals surface area contributed by atoms with Crippen LogP contribution in [0.3, 0.4) is 0 Å². The van der Waals surface area contributed by atoms with Gasteiger partial charge in [0.25, 0.3) is 5.89 Å². The van der Waals surface area contributed by atoms with Crippen LogP contribution in [0.5, 0.6) is 0 Å². The Morgan fingerprint density at radius 1 is 1.22 bits per heavy atom. The first-order valence-corrected chi connectivity index (χ1v) is 9.65. The number of nitrogens with zero attached hydrogens (tertiary/aromatic N) is 4. The van der Waals surface area contributed by atoms with Crippen LogP contribution < -0.4 is 5.32 Å². The number of pyridine rings is 1. The maximum absolute atomic E-state index is 5.52. The summed E-state index contributed by atoms with van der Waals surface area (Å²) in [6, 6.07) is 6.11. The minimum absolute atomic E-state index is 0.409. The van der Waals surface area contributed by atoms with Crippen LogP contribution in [0, 0.1) is 13.8 Å². The quantitative estimate of drug-likeness (QED) is 0.567. The maximum atomic E-state index is 5.52. The van der Waals surface area contributed by atoms with Crippen molar-refractivity contribution in [2.45, 2.75) is 26.8 Å². The molecular weight excluding hydrogens is 360 g/mol. The second kappa shape index (κ2) is 6.40. The number of aryl methyl sites for hydroxylation is 2. The second-order valence-corrected chi connectivity index (χ2v) is 7.94. The van der Waals surface area contributed by atoms with Gasteiger partial charge in [-0.15, -0.1) is 11.3 Å². The zero-order chi connectivity index (χ0) is 18.4. The van der Waals surface area contributed by atoms with Crippen molar-refractivity contribution in [2.75, 3.05) is 6.54 Å². The van der Waals surface area contributed by atoms with Gasteiger partial charge in [-0.25, -0.2) is 0 Å². The molecule has 0 radical (unpaired) electrons. The van der Waals surface area contributed by atoms with E-state index in [0.717, 1.165) is 41.3 Å². The fourth-order valence-electron chi connectivity index (χ4n) is 3.43. The van der Waals surface area contributed by atoms with E-state index in [4.69, 9.17) is 4.52 Å². The van der Waals surface area contributed by atoms with Crippen molar-refractivity contribution < 1.29 is 4.52 Å². The van der Waals surface area contributed by atoms with Crippen molar-refractivity contribution in [1.82, 2.24) is 30.6 Å². The lowest BCUT2D eigenvalue weighted by Gasteiger charge is -2.19. The first-order valence-electron chi connectivity index (χ1n) is 8.84. The highest BCUT2D eigenvalue weighted by Gasteiger charge is 2.22. The average Bonchev–Trinajstić information content (AvgIpc) is 3.41. The van der Waals surface area contributed by atoms with Crippen molar-refractivity contribution in [3.05, 3.63) is 46.1 Å². The molecule has 0 unspecified atom stereocenters. The topological polar surface area (TPSA) is 92.5 Å². The van der Waals surface area contributed by atoms with Gasteiger partial charge in [0, 0.05) is 28.9 Å².